The first kappa shape index (κ1) is 17.2. The molecule has 1 amide bonds. The van der Waals surface area contributed by atoms with E-state index in [1.54, 1.807) is 10.9 Å². The number of amides is 1. The second-order valence-electron chi connectivity index (χ2n) is 4.68. The Morgan fingerprint density at radius 1 is 1.33 bits per heavy atom. The van der Waals surface area contributed by atoms with Crippen LogP contribution in [-0.4, -0.2) is 29.3 Å². The van der Waals surface area contributed by atoms with Gasteiger partial charge in [-0.3, -0.25) is 4.79 Å². The molecule has 5 nitrogen and oxygen atoms in total. The SMILES string of the molecule is CNCCC(=O)NC(C)c1ccc(-n2cccn2)cc1.Cl. The third kappa shape index (κ3) is 4.88. The lowest BCUT2D eigenvalue weighted by Gasteiger charge is -2.15. The molecule has 1 atom stereocenters. The molecule has 0 saturated carbocycles. The summed E-state index contributed by atoms with van der Waals surface area (Å²) in [5.41, 5.74) is 2.09. The summed E-state index contributed by atoms with van der Waals surface area (Å²) < 4.78 is 1.81. The van der Waals surface area contributed by atoms with Gasteiger partial charge < -0.3 is 10.6 Å². The standard InChI is InChI=1S/C15H20N4O.ClH/c1-12(18-15(20)8-10-16-2)13-4-6-14(7-5-13)19-11-3-9-17-19;/h3-7,9,11-12,16H,8,10H2,1-2H3,(H,18,20);1H. The second-order valence-corrected chi connectivity index (χ2v) is 4.68. The molecule has 0 saturated heterocycles. The molecule has 6 heteroatoms. The van der Waals surface area contributed by atoms with Crippen molar-refractivity contribution in [2.24, 2.45) is 0 Å². The van der Waals surface area contributed by atoms with Crippen molar-refractivity contribution in [2.75, 3.05) is 13.6 Å². The summed E-state index contributed by atoms with van der Waals surface area (Å²) in [6, 6.07) is 9.92. The van der Waals surface area contributed by atoms with E-state index < -0.39 is 0 Å². The van der Waals surface area contributed by atoms with Crippen molar-refractivity contribution in [3.8, 4) is 5.69 Å². The lowest BCUT2D eigenvalue weighted by molar-refractivity contribution is -0.121. The Balaban J connectivity index is 0.00000220. The van der Waals surface area contributed by atoms with Crippen molar-refractivity contribution in [3.63, 3.8) is 0 Å². The molecule has 0 spiro atoms. The van der Waals surface area contributed by atoms with Gasteiger partial charge in [0.1, 0.15) is 0 Å². The van der Waals surface area contributed by atoms with E-state index in [1.807, 2.05) is 50.5 Å². The van der Waals surface area contributed by atoms with Crippen molar-refractivity contribution in [1.29, 1.82) is 0 Å². The summed E-state index contributed by atoms with van der Waals surface area (Å²) in [6.45, 7) is 2.68. The van der Waals surface area contributed by atoms with Crippen molar-refractivity contribution in [1.82, 2.24) is 20.4 Å². The third-order valence-corrected chi connectivity index (χ3v) is 3.14. The van der Waals surface area contributed by atoms with Gasteiger partial charge in [-0.15, -0.1) is 12.4 Å². The van der Waals surface area contributed by atoms with Crippen LogP contribution in [0.4, 0.5) is 0 Å². The molecule has 114 valence electrons. The predicted molar refractivity (Wildman–Crippen MR) is 85.9 cm³/mol. The number of hydrogen-bond acceptors (Lipinski definition) is 3. The summed E-state index contributed by atoms with van der Waals surface area (Å²) in [5, 5.41) is 10.1. The number of halogens is 1. The summed E-state index contributed by atoms with van der Waals surface area (Å²) in [6.07, 6.45) is 4.14. The highest BCUT2D eigenvalue weighted by atomic mass is 35.5. The lowest BCUT2D eigenvalue weighted by Crippen LogP contribution is -2.29. The minimum Gasteiger partial charge on any atom is -0.350 e. The largest absolute Gasteiger partial charge is 0.350 e. The average Bonchev–Trinajstić information content (AvgIpc) is 2.99. The zero-order valence-electron chi connectivity index (χ0n) is 12.2. The number of hydrogen-bond donors (Lipinski definition) is 2. The fourth-order valence-electron chi connectivity index (χ4n) is 1.97. The van der Waals surface area contributed by atoms with Crippen molar-refractivity contribution in [3.05, 3.63) is 48.3 Å². The Morgan fingerprint density at radius 3 is 2.62 bits per heavy atom. The maximum Gasteiger partial charge on any atom is 0.221 e. The molecule has 1 unspecified atom stereocenters. The van der Waals surface area contributed by atoms with Crippen LogP contribution in [-0.2, 0) is 4.79 Å². The smallest absolute Gasteiger partial charge is 0.221 e. The molecule has 2 aromatic rings. The monoisotopic (exact) mass is 308 g/mol. The average molecular weight is 309 g/mol. The van der Waals surface area contributed by atoms with E-state index in [9.17, 15) is 4.79 Å². The van der Waals surface area contributed by atoms with Crippen molar-refractivity contribution >= 4 is 18.3 Å². The van der Waals surface area contributed by atoms with Crippen molar-refractivity contribution in [2.45, 2.75) is 19.4 Å². The van der Waals surface area contributed by atoms with Crippen LogP contribution in [0.25, 0.3) is 5.69 Å². The zero-order chi connectivity index (χ0) is 14.4. The van der Waals surface area contributed by atoms with Crippen LogP contribution in [0.3, 0.4) is 0 Å². The highest BCUT2D eigenvalue weighted by Gasteiger charge is 2.09. The summed E-state index contributed by atoms with van der Waals surface area (Å²) in [5.74, 6) is 0.0583. The van der Waals surface area contributed by atoms with E-state index in [1.165, 1.54) is 0 Å². The zero-order valence-corrected chi connectivity index (χ0v) is 13.1. The third-order valence-electron chi connectivity index (χ3n) is 3.14. The molecule has 1 heterocycles. The molecule has 0 aliphatic carbocycles. The lowest BCUT2D eigenvalue weighted by atomic mass is 10.1. The van der Waals surface area contributed by atoms with Gasteiger partial charge in [0.15, 0.2) is 0 Å². The summed E-state index contributed by atoms with van der Waals surface area (Å²) in [7, 11) is 1.84. The number of nitrogens with zero attached hydrogens (tertiary/aromatic N) is 2. The van der Waals surface area contributed by atoms with Gasteiger partial charge in [0.2, 0.25) is 5.91 Å². The van der Waals surface area contributed by atoms with Gasteiger partial charge in [-0.1, -0.05) is 12.1 Å². The molecule has 21 heavy (non-hydrogen) atoms. The number of carbonyl (C=O) groups is 1. The van der Waals surface area contributed by atoms with E-state index >= 15 is 0 Å². The summed E-state index contributed by atoms with van der Waals surface area (Å²) in [4.78, 5) is 11.7. The molecule has 1 aromatic carbocycles. The van der Waals surface area contributed by atoms with Gasteiger partial charge in [0.05, 0.1) is 11.7 Å². The Morgan fingerprint density at radius 2 is 2.05 bits per heavy atom. The van der Waals surface area contributed by atoms with Gasteiger partial charge in [0, 0.05) is 25.4 Å². The Bertz CT molecular complexity index is 539. The van der Waals surface area contributed by atoms with Crippen LogP contribution in [0.1, 0.15) is 24.9 Å². The Labute approximate surface area is 131 Å². The summed E-state index contributed by atoms with van der Waals surface area (Å²) >= 11 is 0. The molecular formula is C15H21ClN4O. The maximum atomic E-state index is 11.7. The topological polar surface area (TPSA) is 59.0 Å². The highest BCUT2D eigenvalue weighted by molar-refractivity contribution is 5.85. The molecule has 0 fully saturated rings. The first-order chi connectivity index (χ1) is 9.70. The van der Waals surface area contributed by atoms with Crippen LogP contribution in [0, 0.1) is 0 Å². The number of aromatic nitrogens is 2. The number of nitrogens with one attached hydrogen (secondary N) is 2. The fourth-order valence-corrected chi connectivity index (χ4v) is 1.97. The normalized spacial score (nSPS) is 11.5. The first-order valence-corrected chi connectivity index (χ1v) is 6.74. The highest BCUT2D eigenvalue weighted by Crippen LogP contribution is 2.15. The van der Waals surface area contributed by atoms with Gasteiger partial charge in [-0.2, -0.15) is 5.10 Å². The van der Waals surface area contributed by atoms with Crippen LogP contribution >= 0.6 is 12.4 Å². The van der Waals surface area contributed by atoms with Gasteiger partial charge in [-0.05, 0) is 37.7 Å². The van der Waals surface area contributed by atoms with E-state index in [2.05, 4.69) is 15.7 Å². The molecule has 0 aliphatic rings. The fraction of sp³-hybridized carbons (Fsp3) is 0.333. The van der Waals surface area contributed by atoms with Gasteiger partial charge in [0.25, 0.3) is 0 Å². The van der Waals surface area contributed by atoms with Crippen LogP contribution in [0.15, 0.2) is 42.7 Å². The van der Waals surface area contributed by atoms with E-state index in [0.717, 1.165) is 11.3 Å². The van der Waals surface area contributed by atoms with Gasteiger partial charge >= 0.3 is 0 Å². The van der Waals surface area contributed by atoms with Crippen LogP contribution in [0.2, 0.25) is 0 Å². The van der Waals surface area contributed by atoms with Crippen LogP contribution < -0.4 is 10.6 Å². The van der Waals surface area contributed by atoms with E-state index in [-0.39, 0.29) is 24.4 Å². The molecule has 0 radical (unpaired) electrons. The number of benzene rings is 1. The molecule has 0 aliphatic heterocycles. The first-order valence-electron chi connectivity index (χ1n) is 6.74. The van der Waals surface area contributed by atoms with Gasteiger partial charge in [-0.25, -0.2) is 4.68 Å². The molecular weight excluding hydrogens is 288 g/mol. The molecule has 2 N–H and O–H groups in total. The van der Waals surface area contributed by atoms with E-state index in [4.69, 9.17) is 0 Å². The minimum absolute atomic E-state index is 0. The quantitative estimate of drug-likeness (QED) is 0.859. The Hall–Kier alpha value is -1.85. The number of carbonyl (C=O) groups excluding carboxylic acids is 1. The van der Waals surface area contributed by atoms with E-state index in [0.29, 0.717) is 13.0 Å². The second kappa shape index (κ2) is 8.44. The van der Waals surface area contributed by atoms with Crippen molar-refractivity contribution < 1.29 is 4.79 Å². The molecule has 0 bridgehead atoms. The maximum absolute atomic E-state index is 11.7. The van der Waals surface area contributed by atoms with Crippen LogP contribution in [0.5, 0.6) is 0 Å². The molecule has 1 aromatic heterocycles. The molecule has 2 rings (SSSR count). The Kier molecular flexibility index (Phi) is 6.91. The number of rotatable bonds is 6. The minimum atomic E-state index is 0. The predicted octanol–water partition coefficient (Wildman–Crippen LogP) is 2.08.